The highest BCUT2D eigenvalue weighted by Crippen LogP contribution is 2.44. The number of carbonyl (C=O) groups is 2. The fraction of sp³-hybridized carbons (Fsp3) is 0.115. The Hall–Kier alpha value is -3.56. The lowest BCUT2D eigenvalue weighted by Gasteiger charge is -2.23. The topological polar surface area (TPSA) is 79.7 Å². The number of amides is 1. The molecule has 5 rings (SSSR count). The van der Waals surface area contributed by atoms with Gasteiger partial charge in [0.25, 0.3) is 5.78 Å². The molecule has 176 valence electrons. The minimum atomic E-state index is -0.917. The number of aliphatic hydroxyl groups is 1. The molecular weight excluding hydrogens is 535 g/mol. The van der Waals surface area contributed by atoms with E-state index in [1.165, 1.54) is 23.1 Å². The molecule has 0 aliphatic carbocycles. The molecule has 1 fully saturated rings. The molecule has 3 aromatic carbocycles. The molecule has 35 heavy (non-hydrogen) atoms. The highest BCUT2D eigenvalue weighted by atomic mass is 79.9. The molecular formula is C26H18BrFN2O4S. The zero-order chi connectivity index (χ0) is 24.7. The van der Waals surface area contributed by atoms with Crippen molar-refractivity contribution in [3.05, 3.63) is 93.7 Å². The standard InChI is InChI=1S/C26H18BrFN2O4S/c1-2-34-18-10-5-15(6-11-18)23(31)21-22(14-3-7-16(27)8-4-14)30(25(33)24(21)32)26-29-19-12-9-17(28)13-20(19)35-26/h3-13,22,31H,2H2,1H3/b23-21+/t22-/m0/s1. The highest BCUT2D eigenvalue weighted by Gasteiger charge is 2.48. The molecule has 1 N–H and O–H groups in total. The maximum Gasteiger partial charge on any atom is 0.301 e. The van der Waals surface area contributed by atoms with Crippen LogP contribution in [0.25, 0.3) is 16.0 Å². The minimum Gasteiger partial charge on any atom is -0.507 e. The lowest BCUT2D eigenvalue weighted by molar-refractivity contribution is -0.132. The SMILES string of the molecule is CCOc1ccc(/C(O)=C2\C(=O)C(=O)N(c3nc4ccc(F)cc4s3)[C@H]2c2ccc(Br)cc2)cc1. The Labute approximate surface area is 212 Å². The average Bonchev–Trinajstić information content (AvgIpc) is 3.37. The number of aliphatic hydroxyl groups excluding tert-OH is 1. The lowest BCUT2D eigenvalue weighted by Crippen LogP contribution is -2.29. The molecule has 1 saturated heterocycles. The number of halogens is 2. The number of aromatic nitrogens is 1. The van der Waals surface area contributed by atoms with Gasteiger partial charge in [-0.3, -0.25) is 14.5 Å². The number of fused-ring (bicyclic) bond motifs is 1. The van der Waals surface area contributed by atoms with Crippen molar-refractivity contribution >= 4 is 60.1 Å². The molecule has 9 heteroatoms. The third-order valence-electron chi connectivity index (χ3n) is 5.61. The molecule has 6 nitrogen and oxygen atoms in total. The number of nitrogens with zero attached hydrogens (tertiary/aromatic N) is 2. The Morgan fingerprint density at radius 1 is 1.11 bits per heavy atom. The fourth-order valence-electron chi connectivity index (χ4n) is 4.01. The summed E-state index contributed by atoms with van der Waals surface area (Å²) in [7, 11) is 0. The molecule has 0 bridgehead atoms. The number of hydrogen-bond acceptors (Lipinski definition) is 6. The van der Waals surface area contributed by atoms with E-state index in [4.69, 9.17) is 4.74 Å². The summed E-state index contributed by atoms with van der Waals surface area (Å²) in [6.45, 7) is 2.36. The van der Waals surface area contributed by atoms with E-state index < -0.39 is 23.5 Å². The summed E-state index contributed by atoms with van der Waals surface area (Å²) in [4.78, 5) is 32.3. The first kappa shape index (κ1) is 23.2. The maximum atomic E-state index is 13.8. The van der Waals surface area contributed by atoms with Crippen LogP contribution in [0.2, 0.25) is 0 Å². The van der Waals surface area contributed by atoms with E-state index >= 15 is 0 Å². The zero-order valence-electron chi connectivity index (χ0n) is 18.4. The van der Waals surface area contributed by atoms with E-state index in [1.54, 1.807) is 48.5 Å². The number of carbonyl (C=O) groups excluding carboxylic acids is 2. The molecule has 2 heterocycles. The van der Waals surface area contributed by atoms with Crippen molar-refractivity contribution in [2.75, 3.05) is 11.5 Å². The summed E-state index contributed by atoms with van der Waals surface area (Å²) < 4.78 is 20.6. The molecule has 0 unspecified atom stereocenters. The Kier molecular flexibility index (Phi) is 6.12. The predicted molar refractivity (Wildman–Crippen MR) is 136 cm³/mol. The molecule has 0 saturated carbocycles. The molecule has 4 aromatic rings. The first-order valence-corrected chi connectivity index (χ1v) is 12.3. The normalized spacial score (nSPS) is 17.3. The highest BCUT2D eigenvalue weighted by molar-refractivity contribution is 9.10. The molecule has 1 aliphatic rings. The van der Waals surface area contributed by atoms with E-state index in [2.05, 4.69) is 20.9 Å². The van der Waals surface area contributed by atoms with E-state index in [0.29, 0.717) is 33.7 Å². The molecule has 1 aromatic heterocycles. The van der Waals surface area contributed by atoms with Crippen LogP contribution in [-0.4, -0.2) is 28.4 Å². The van der Waals surface area contributed by atoms with Crippen LogP contribution in [-0.2, 0) is 9.59 Å². The van der Waals surface area contributed by atoms with Gasteiger partial charge in [0, 0.05) is 10.0 Å². The maximum absolute atomic E-state index is 13.8. The van der Waals surface area contributed by atoms with Crippen LogP contribution in [0.15, 0.2) is 76.8 Å². The summed E-state index contributed by atoms with van der Waals surface area (Å²) >= 11 is 4.51. The van der Waals surface area contributed by atoms with E-state index in [1.807, 2.05) is 6.92 Å². The Morgan fingerprint density at radius 2 is 1.83 bits per heavy atom. The van der Waals surface area contributed by atoms with Gasteiger partial charge in [-0.05, 0) is 67.1 Å². The van der Waals surface area contributed by atoms with Crippen LogP contribution < -0.4 is 9.64 Å². The second kappa shape index (κ2) is 9.24. The second-order valence-electron chi connectivity index (χ2n) is 7.79. The smallest absolute Gasteiger partial charge is 0.301 e. The van der Waals surface area contributed by atoms with Crippen LogP contribution in [0.5, 0.6) is 5.75 Å². The van der Waals surface area contributed by atoms with Crippen molar-refractivity contribution in [2.24, 2.45) is 0 Å². The molecule has 1 amide bonds. The predicted octanol–water partition coefficient (Wildman–Crippen LogP) is 6.22. The quantitative estimate of drug-likeness (QED) is 0.180. The number of anilines is 1. The Balaban J connectivity index is 1.68. The minimum absolute atomic E-state index is 0.0491. The van der Waals surface area contributed by atoms with Crippen LogP contribution in [0, 0.1) is 5.82 Å². The largest absolute Gasteiger partial charge is 0.507 e. The number of rotatable bonds is 5. The lowest BCUT2D eigenvalue weighted by atomic mass is 9.95. The Bertz CT molecular complexity index is 1480. The van der Waals surface area contributed by atoms with Crippen molar-refractivity contribution in [1.29, 1.82) is 0 Å². The molecule has 0 radical (unpaired) electrons. The monoisotopic (exact) mass is 552 g/mol. The number of Topliss-reactive ketones (excluding diaryl/α,β-unsaturated/α-hetero) is 1. The molecule has 1 atom stereocenters. The molecule has 0 spiro atoms. The number of ketones is 1. The van der Waals surface area contributed by atoms with E-state index in [9.17, 15) is 19.1 Å². The van der Waals surface area contributed by atoms with Gasteiger partial charge in [-0.1, -0.05) is 39.4 Å². The number of thiazole rings is 1. The van der Waals surface area contributed by atoms with Crippen LogP contribution in [0.3, 0.4) is 0 Å². The fourth-order valence-corrected chi connectivity index (χ4v) is 5.29. The van der Waals surface area contributed by atoms with Crippen molar-refractivity contribution < 1.29 is 23.8 Å². The third kappa shape index (κ3) is 4.21. The average molecular weight is 553 g/mol. The van der Waals surface area contributed by atoms with Crippen molar-refractivity contribution in [2.45, 2.75) is 13.0 Å². The second-order valence-corrected chi connectivity index (χ2v) is 9.71. The van der Waals surface area contributed by atoms with Gasteiger partial charge in [0.1, 0.15) is 17.3 Å². The van der Waals surface area contributed by atoms with E-state index in [-0.39, 0.29) is 16.5 Å². The molecule has 1 aliphatic heterocycles. The summed E-state index contributed by atoms with van der Waals surface area (Å²) in [6.07, 6.45) is 0. The van der Waals surface area contributed by atoms with Gasteiger partial charge < -0.3 is 9.84 Å². The zero-order valence-corrected chi connectivity index (χ0v) is 20.8. The first-order chi connectivity index (χ1) is 16.9. The summed E-state index contributed by atoms with van der Waals surface area (Å²) in [5.41, 5.74) is 1.45. The van der Waals surface area contributed by atoms with Crippen LogP contribution >= 0.6 is 27.3 Å². The van der Waals surface area contributed by atoms with Gasteiger partial charge >= 0.3 is 5.91 Å². The summed E-state index contributed by atoms with van der Waals surface area (Å²) in [5, 5.41) is 11.5. The number of ether oxygens (including phenoxy) is 1. The Morgan fingerprint density at radius 3 is 2.51 bits per heavy atom. The van der Waals surface area contributed by atoms with Crippen LogP contribution in [0.1, 0.15) is 24.1 Å². The third-order valence-corrected chi connectivity index (χ3v) is 7.16. The van der Waals surface area contributed by atoms with Crippen LogP contribution in [0.4, 0.5) is 9.52 Å². The van der Waals surface area contributed by atoms with Gasteiger partial charge in [0.2, 0.25) is 0 Å². The van der Waals surface area contributed by atoms with Gasteiger partial charge in [-0.15, -0.1) is 0 Å². The van der Waals surface area contributed by atoms with Crippen molar-refractivity contribution in [1.82, 2.24) is 4.98 Å². The van der Waals surface area contributed by atoms with Gasteiger partial charge in [-0.2, -0.15) is 0 Å². The summed E-state index contributed by atoms with van der Waals surface area (Å²) in [6, 6.07) is 17.0. The number of hydrogen-bond donors (Lipinski definition) is 1. The first-order valence-electron chi connectivity index (χ1n) is 10.7. The van der Waals surface area contributed by atoms with Gasteiger partial charge in [0.05, 0.1) is 28.4 Å². The number of benzene rings is 3. The summed E-state index contributed by atoms with van der Waals surface area (Å²) in [5.74, 6) is -1.74. The van der Waals surface area contributed by atoms with Crippen molar-refractivity contribution in [3.63, 3.8) is 0 Å². The van der Waals surface area contributed by atoms with Gasteiger partial charge in [-0.25, -0.2) is 9.37 Å². The van der Waals surface area contributed by atoms with Crippen molar-refractivity contribution in [3.8, 4) is 5.75 Å². The van der Waals surface area contributed by atoms with E-state index in [0.717, 1.165) is 15.8 Å². The van der Waals surface area contributed by atoms with Gasteiger partial charge in [0.15, 0.2) is 5.13 Å².